The first kappa shape index (κ1) is 21.1. The van der Waals surface area contributed by atoms with Gasteiger partial charge in [-0.25, -0.2) is 13.9 Å². The van der Waals surface area contributed by atoms with E-state index in [1.807, 2.05) is 24.4 Å². The summed E-state index contributed by atoms with van der Waals surface area (Å²) in [4.78, 5) is 19.7. The number of piperidine rings is 1. The summed E-state index contributed by atoms with van der Waals surface area (Å²) < 4.78 is 15.1. The molecule has 1 amide bonds. The monoisotopic (exact) mass is 443 g/mol. The predicted molar refractivity (Wildman–Crippen MR) is 126 cm³/mol. The van der Waals surface area contributed by atoms with Crippen molar-refractivity contribution in [3.8, 4) is 11.3 Å². The van der Waals surface area contributed by atoms with E-state index in [4.69, 9.17) is 0 Å². The van der Waals surface area contributed by atoms with E-state index in [1.54, 1.807) is 22.8 Å². The lowest BCUT2D eigenvalue weighted by Crippen LogP contribution is -2.43. The van der Waals surface area contributed by atoms with E-state index in [2.05, 4.69) is 39.4 Å². The molecule has 2 aromatic heterocycles. The van der Waals surface area contributed by atoms with Gasteiger partial charge in [0.1, 0.15) is 11.3 Å². The Balaban J connectivity index is 1.32. The second-order valence-corrected chi connectivity index (χ2v) is 8.61. The van der Waals surface area contributed by atoms with Crippen LogP contribution in [0.15, 0.2) is 67.0 Å². The number of anilines is 1. The van der Waals surface area contributed by atoms with Crippen LogP contribution in [0, 0.1) is 18.7 Å². The fourth-order valence-corrected chi connectivity index (χ4v) is 4.34. The molecule has 1 atom stereocenters. The standard InChI is InChI=1S/C26H26FN5O/c1-18-4-6-19(7-5-18)16-29-26(33)21-3-2-13-31(17-21)25-24-15-23(30-32(24)14-12-28-25)20-8-10-22(27)11-9-20/h4-12,14-15,21H,2-3,13,16-17H2,1H3,(H,29,33)/t21-/m1/s1. The average Bonchev–Trinajstić information content (AvgIpc) is 3.28. The third kappa shape index (κ3) is 4.58. The molecule has 1 aliphatic heterocycles. The smallest absolute Gasteiger partial charge is 0.225 e. The topological polar surface area (TPSA) is 62.5 Å². The quantitative estimate of drug-likeness (QED) is 0.497. The zero-order valence-corrected chi connectivity index (χ0v) is 18.5. The summed E-state index contributed by atoms with van der Waals surface area (Å²) in [6.07, 6.45) is 5.32. The molecular weight excluding hydrogens is 417 g/mol. The number of nitrogens with zero attached hydrogens (tertiary/aromatic N) is 4. The Kier molecular flexibility index (Phi) is 5.77. The molecule has 0 unspecified atom stereocenters. The lowest BCUT2D eigenvalue weighted by molar-refractivity contribution is -0.125. The van der Waals surface area contributed by atoms with Gasteiger partial charge in [-0.15, -0.1) is 0 Å². The van der Waals surface area contributed by atoms with Gasteiger partial charge < -0.3 is 10.2 Å². The summed E-state index contributed by atoms with van der Waals surface area (Å²) in [5.41, 5.74) is 4.78. The molecular formula is C26H26FN5O. The van der Waals surface area contributed by atoms with Crippen molar-refractivity contribution >= 4 is 17.2 Å². The van der Waals surface area contributed by atoms with Crippen molar-refractivity contribution in [3.05, 3.63) is 83.9 Å². The summed E-state index contributed by atoms with van der Waals surface area (Å²) in [6, 6.07) is 16.5. The number of rotatable bonds is 5. The lowest BCUT2D eigenvalue weighted by Gasteiger charge is -2.33. The Labute approximate surface area is 192 Å². The number of hydrogen-bond acceptors (Lipinski definition) is 4. The zero-order valence-electron chi connectivity index (χ0n) is 18.5. The highest BCUT2D eigenvalue weighted by Gasteiger charge is 2.27. The van der Waals surface area contributed by atoms with Crippen LogP contribution in [0.25, 0.3) is 16.8 Å². The van der Waals surface area contributed by atoms with Gasteiger partial charge in [-0.05, 0) is 55.7 Å². The first-order valence-corrected chi connectivity index (χ1v) is 11.3. The molecule has 0 aliphatic carbocycles. The summed E-state index contributed by atoms with van der Waals surface area (Å²) in [5, 5.41) is 7.73. The number of carbonyl (C=O) groups excluding carboxylic acids is 1. The van der Waals surface area contributed by atoms with Crippen molar-refractivity contribution in [3.63, 3.8) is 0 Å². The van der Waals surface area contributed by atoms with Gasteiger partial charge >= 0.3 is 0 Å². The number of aromatic nitrogens is 3. The molecule has 2 aromatic carbocycles. The van der Waals surface area contributed by atoms with Crippen molar-refractivity contribution in [1.82, 2.24) is 19.9 Å². The number of hydrogen-bond donors (Lipinski definition) is 1. The molecule has 33 heavy (non-hydrogen) atoms. The molecule has 0 spiro atoms. The van der Waals surface area contributed by atoms with Gasteiger partial charge in [0.15, 0.2) is 5.82 Å². The van der Waals surface area contributed by atoms with E-state index >= 15 is 0 Å². The Morgan fingerprint density at radius 3 is 2.73 bits per heavy atom. The van der Waals surface area contributed by atoms with Crippen molar-refractivity contribution in [1.29, 1.82) is 0 Å². The molecule has 0 saturated carbocycles. The van der Waals surface area contributed by atoms with Gasteiger partial charge in [0.05, 0.1) is 11.6 Å². The molecule has 1 saturated heterocycles. The second kappa shape index (κ2) is 9.02. The van der Waals surface area contributed by atoms with E-state index in [1.165, 1.54) is 17.7 Å². The number of benzene rings is 2. The highest BCUT2D eigenvalue weighted by molar-refractivity contribution is 5.81. The first-order chi connectivity index (χ1) is 16.1. The van der Waals surface area contributed by atoms with Crippen molar-refractivity contribution < 1.29 is 9.18 Å². The fraction of sp³-hybridized carbons (Fsp3) is 0.269. The predicted octanol–water partition coefficient (Wildman–Crippen LogP) is 4.38. The van der Waals surface area contributed by atoms with Gasteiger partial charge in [0, 0.05) is 37.6 Å². The summed E-state index contributed by atoms with van der Waals surface area (Å²) >= 11 is 0. The van der Waals surface area contributed by atoms with E-state index in [0.29, 0.717) is 13.1 Å². The summed E-state index contributed by atoms with van der Waals surface area (Å²) in [6.45, 7) is 4.04. The number of carbonyl (C=O) groups is 1. The minimum absolute atomic E-state index is 0.0766. The van der Waals surface area contributed by atoms with Gasteiger partial charge in [-0.2, -0.15) is 5.10 Å². The van der Waals surface area contributed by atoms with E-state index < -0.39 is 0 Å². The normalized spacial score (nSPS) is 16.2. The van der Waals surface area contributed by atoms with E-state index in [9.17, 15) is 9.18 Å². The number of nitrogens with one attached hydrogen (secondary N) is 1. The largest absolute Gasteiger partial charge is 0.354 e. The summed E-state index contributed by atoms with van der Waals surface area (Å²) in [7, 11) is 0. The molecule has 0 radical (unpaired) electrons. The van der Waals surface area contributed by atoms with Crippen LogP contribution in [-0.4, -0.2) is 33.6 Å². The number of fused-ring (bicyclic) bond motifs is 1. The highest BCUT2D eigenvalue weighted by Crippen LogP contribution is 2.28. The number of halogens is 1. The SMILES string of the molecule is Cc1ccc(CNC(=O)[C@@H]2CCCN(c3nccn4nc(-c5ccc(F)cc5)cc34)C2)cc1. The average molecular weight is 444 g/mol. The van der Waals surface area contributed by atoms with Crippen LogP contribution in [0.1, 0.15) is 24.0 Å². The minimum Gasteiger partial charge on any atom is -0.354 e. The molecule has 168 valence electrons. The molecule has 0 bridgehead atoms. The Bertz CT molecular complexity index is 1270. The van der Waals surface area contributed by atoms with Crippen LogP contribution in [0.3, 0.4) is 0 Å². The second-order valence-electron chi connectivity index (χ2n) is 8.61. The summed E-state index contributed by atoms with van der Waals surface area (Å²) in [5.74, 6) is 0.526. The Morgan fingerprint density at radius 1 is 1.15 bits per heavy atom. The van der Waals surface area contributed by atoms with Crippen LogP contribution < -0.4 is 10.2 Å². The molecule has 5 rings (SSSR count). The zero-order chi connectivity index (χ0) is 22.8. The van der Waals surface area contributed by atoms with Crippen molar-refractivity contribution in [2.75, 3.05) is 18.0 Å². The van der Waals surface area contributed by atoms with Gasteiger partial charge in [-0.1, -0.05) is 29.8 Å². The maximum Gasteiger partial charge on any atom is 0.225 e. The third-order valence-electron chi connectivity index (χ3n) is 6.19. The van der Waals surface area contributed by atoms with Gasteiger partial charge in [0.25, 0.3) is 0 Å². The number of aryl methyl sites for hydroxylation is 1. The lowest BCUT2D eigenvalue weighted by atomic mass is 9.97. The van der Waals surface area contributed by atoms with Gasteiger partial charge in [0.2, 0.25) is 5.91 Å². The van der Waals surface area contributed by atoms with Crippen LogP contribution in [0.5, 0.6) is 0 Å². The Hall–Kier alpha value is -3.74. The van der Waals surface area contributed by atoms with Crippen molar-refractivity contribution in [2.45, 2.75) is 26.3 Å². The molecule has 6 nitrogen and oxygen atoms in total. The maximum absolute atomic E-state index is 13.3. The Morgan fingerprint density at radius 2 is 1.94 bits per heavy atom. The molecule has 1 N–H and O–H groups in total. The first-order valence-electron chi connectivity index (χ1n) is 11.3. The maximum atomic E-state index is 13.3. The van der Waals surface area contributed by atoms with Gasteiger partial charge in [-0.3, -0.25) is 4.79 Å². The van der Waals surface area contributed by atoms with Crippen LogP contribution in [0.2, 0.25) is 0 Å². The molecule has 1 aliphatic rings. The minimum atomic E-state index is -0.273. The fourth-order valence-electron chi connectivity index (χ4n) is 4.34. The van der Waals surface area contributed by atoms with Crippen LogP contribution in [-0.2, 0) is 11.3 Å². The van der Waals surface area contributed by atoms with Crippen molar-refractivity contribution in [2.24, 2.45) is 5.92 Å². The van der Waals surface area contributed by atoms with Crippen LogP contribution >= 0.6 is 0 Å². The molecule has 1 fully saturated rings. The highest BCUT2D eigenvalue weighted by atomic mass is 19.1. The molecule has 3 heterocycles. The van der Waals surface area contributed by atoms with E-state index in [0.717, 1.165) is 47.5 Å². The van der Waals surface area contributed by atoms with Crippen LogP contribution in [0.4, 0.5) is 10.2 Å². The van der Waals surface area contributed by atoms with E-state index in [-0.39, 0.29) is 17.6 Å². The third-order valence-corrected chi connectivity index (χ3v) is 6.19. The molecule has 4 aromatic rings. The number of amides is 1. The molecule has 7 heteroatoms.